The molecule has 2 N–H and O–H groups in total. The Morgan fingerprint density at radius 3 is 2.75 bits per heavy atom. The number of rotatable bonds is 4. The van der Waals surface area contributed by atoms with Gasteiger partial charge in [-0.1, -0.05) is 17.7 Å². The Morgan fingerprint density at radius 2 is 2.10 bits per heavy atom. The molecule has 3 nitrogen and oxygen atoms in total. The first-order chi connectivity index (χ1) is 9.52. The van der Waals surface area contributed by atoms with Crippen LogP contribution in [0.15, 0.2) is 41.3 Å². The molecule has 0 fully saturated rings. The monoisotopic (exact) mass is 313 g/mol. The van der Waals surface area contributed by atoms with E-state index in [1.807, 2.05) is 0 Å². The van der Waals surface area contributed by atoms with Crippen LogP contribution < -0.4 is 10.5 Å². The van der Waals surface area contributed by atoms with E-state index in [2.05, 4.69) is 0 Å². The normalized spacial score (nSPS) is 12.2. The Hall–Kier alpha value is -1.59. The van der Waals surface area contributed by atoms with Crippen molar-refractivity contribution in [3.8, 4) is 5.75 Å². The Kier molecular flexibility index (Phi) is 4.62. The molecule has 0 saturated heterocycles. The molecule has 2 aromatic carbocycles. The predicted molar refractivity (Wildman–Crippen MR) is 78.9 cm³/mol. The molecule has 0 spiro atoms. The van der Waals surface area contributed by atoms with E-state index in [1.165, 1.54) is 19.2 Å². The summed E-state index contributed by atoms with van der Waals surface area (Å²) in [5.41, 5.74) is 6.38. The van der Waals surface area contributed by atoms with Crippen LogP contribution in [-0.2, 0) is 16.6 Å². The molecule has 0 saturated carbocycles. The summed E-state index contributed by atoms with van der Waals surface area (Å²) in [5, 5.41) is 0.257. The van der Waals surface area contributed by atoms with Crippen molar-refractivity contribution in [1.29, 1.82) is 0 Å². The zero-order valence-electron chi connectivity index (χ0n) is 10.7. The minimum atomic E-state index is -1.48. The lowest BCUT2D eigenvalue weighted by molar-refractivity contribution is 0.404. The second kappa shape index (κ2) is 6.24. The van der Waals surface area contributed by atoms with Gasteiger partial charge in [0, 0.05) is 22.3 Å². The van der Waals surface area contributed by atoms with Gasteiger partial charge in [0.15, 0.2) is 0 Å². The molecule has 0 radical (unpaired) electrons. The van der Waals surface area contributed by atoms with E-state index in [0.717, 1.165) is 0 Å². The van der Waals surface area contributed by atoms with Gasteiger partial charge >= 0.3 is 0 Å². The molecule has 0 aromatic heterocycles. The lowest BCUT2D eigenvalue weighted by atomic mass is 10.2. The molecule has 2 aromatic rings. The Balaban J connectivity index is 2.33. The predicted octanol–water partition coefficient (Wildman–Crippen LogP) is 3.38. The number of halogens is 2. The van der Waals surface area contributed by atoms with Gasteiger partial charge in [-0.15, -0.1) is 0 Å². The van der Waals surface area contributed by atoms with Crippen LogP contribution in [0.3, 0.4) is 0 Å². The van der Waals surface area contributed by atoms with Crippen LogP contribution in [0.2, 0.25) is 5.02 Å². The van der Waals surface area contributed by atoms with Gasteiger partial charge in [0.1, 0.15) is 11.6 Å². The highest BCUT2D eigenvalue weighted by atomic mass is 35.5. The van der Waals surface area contributed by atoms with E-state index in [4.69, 9.17) is 22.1 Å². The van der Waals surface area contributed by atoms with Gasteiger partial charge in [-0.2, -0.15) is 0 Å². The van der Waals surface area contributed by atoms with Crippen LogP contribution in [0, 0.1) is 5.82 Å². The van der Waals surface area contributed by atoms with Crippen LogP contribution >= 0.6 is 11.6 Å². The van der Waals surface area contributed by atoms with E-state index in [-0.39, 0.29) is 16.3 Å². The van der Waals surface area contributed by atoms with Crippen LogP contribution in [0.5, 0.6) is 5.75 Å². The maximum Gasteiger partial charge on any atom is 0.137 e. The van der Waals surface area contributed by atoms with Crippen LogP contribution in [0.4, 0.5) is 10.1 Å². The third kappa shape index (κ3) is 3.11. The van der Waals surface area contributed by atoms with E-state index >= 15 is 0 Å². The quantitative estimate of drug-likeness (QED) is 0.880. The van der Waals surface area contributed by atoms with E-state index < -0.39 is 16.6 Å². The zero-order valence-corrected chi connectivity index (χ0v) is 12.3. The van der Waals surface area contributed by atoms with Gasteiger partial charge in [-0.05, 0) is 24.3 Å². The SMILES string of the molecule is COc1cc(N)ccc1S(=O)Cc1c(F)cccc1Cl. The number of ether oxygens (including phenoxy) is 1. The van der Waals surface area contributed by atoms with Crippen molar-refractivity contribution in [3.63, 3.8) is 0 Å². The number of benzene rings is 2. The van der Waals surface area contributed by atoms with Crippen molar-refractivity contribution in [1.82, 2.24) is 0 Å². The minimum absolute atomic E-state index is 0.0220. The summed E-state index contributed by atoms with van der Waals surface area (Å²) in [6.07, 6.45) is 0. The number of nitrogen functional groups attached to an aromatic ring is 1. The van der Waals surface area contributed by atoms with Crippen molar-refractivity contribution in [3.05, 3.63) is 52.8 Å². The first kappa shape index (κ1) is 14.8. The summed E-state index contributed by atoms with van der Waals surface area (Å²) in [7, 11) is -0.0158. The van der Waals surface area contributed by atoms with Gasteiger partial charge in [0.2, 0.25) is 0 Å². The van der Waals surface area contributed by atoms with E-state index in [0.29, 0.717) is 16.3 Å². The molecule has 0 amide bonds. The van der Waals surface area contributed by atoms with Crippen molar-refractivity contribution in [2.24, 2.45) is 0 Å². The largest absolute Gasteiger partial charge is 0.495 e. The molecule has 0 aliphatic heterocycles. The maximum atomic E-state index is 13.7. The summed E-state index contributed by atoms with van der Waals surface area (Å²) >= 11 is 5.93. The third-order valence-corrected chi connectivity index (χ3v) is 4.50. The van der Waals surface area contributed by atoms with Crippen LogP contribution in [0.1, 0.15) is 5.56 Å². The van der Waals surface area contributed by atoms with Crippen LogP contribution in [-0.4, -0.2) is 11.3 Å². The molecule has 0 bridgehead atoms. The number of hydrogen-bond acceptors (Lipinski definition) is 3. The molecule has 106 valence electrons. The Bertz CT molecular complexity index is 643. The topological polar surface area (TPSA) is 52.3 Å². The van der Waals surface area contributed by atoms with Gasteiger partial charge in [0.05, 0.1) is 28.6 Å². The fraction of sp³-hybridized carbons (Fsp3) is 0.143. The summed E-state index contributed by atoms with van der Waals surface area (Å²) in [6.45, 7) is 0. The van der Waals surface area contributed by atoms with E-state index in [9.17, 15) is 8.60 Å². The summed E-state index contributed by atoms with van der Waals surface area (Å²) in [6, 6.07) is 9.18. The number of hydrogen-bond donors (Lipinski definition) is 1. The first-order valence-corrected chi connectivity index (χ1v) is 7.47. The average molecular weight is 314 g/mol. The molecule has 20 heavy (non-hydrogen) atoms. The van der Waals surface area contributed by atoms with E-state index in [1.54, 1.807) is 24.3 Å². The molecule has 1 unspecified atom stereocenters. The maximum absolute atomic E-state index is 13.7. The van der Waals surface area contributed by atoms with Gasteiger partial charge in [-0.3, -0.25) is 4.21 Å². The van der Waals surface area contributed by atoms with Gasteiger partial charge in [0.25, 0.3) is 0 Å². The first-order valence-electron chi connectivity index (χ1n) is 5.77. The lowest BCUT2D eigenvalue weighted by Gasteiger charge is -2.10. The van der Waals surface area contributed by atoms with Crippen molar-refractivity contribution < 1.29 is 13.3 Å². The van der Waals surface area contributed by atoms with Crippen LogP contribution in [0.25, 0.3) is 0 Å². The Morgan fingerprint density at radius 1 is 1.35 bits per heavy atom. The highest BCUT2D eigenvalue weighted by Gasteiger charge is 2.15. The molecule has 6 heteroatoms. The van der Waals surface area contributed by atoms with Crippen molar-refractivity contribution >= 4 is 28.1 Å². The second-order valence-corrected chi connectivity index (χ2v) is 5.93. The smallest absolute Gasteiger partial charge is 0.137 e. The standard InChI is InChI=1S/C14H13ClFNO2S/c1-19-13-7-9(17)5-6-14(13)20(18)8-10-11(15)3-2-4-12(10)16/h2-7H,8,17H2,1H3. The Labute approximate surface area is 124 Å². The fourth-order valence-electron chi connectivity index (χ4n) is 1.75. The number of nitrogens with two attached hydrogens (primary N) is 1. The number of methoxy groups -OCH3 is 1. The third-order valence-electron chi connectivity index (χ3n) is 2.77. The minimum Gasteiger partial charge on any atom is -0.495 e. The fourth-order valence-corrected chi connectivity index (χ4v) is 3.36. The highest BCUT2D eigenvalue weighted by molar-refractivity contribution is 7.84. The molecule has 0 aliphatic rings. The van der Waals surface area contributed by atoms with Gasteiger partial charge in [-0.25, -0.2) is 4.39 Å². The number of anilines is 1. The second-order valence-electron chi connectivity index (χ2n) is 4.10. The molecule has 0 aliphatic carbocycles. The molecule has 1 atom stereocenters. The average Bonchev–Trinajstić information content (AvgIpc) is 2.42. The van der Waals surface area contributed by atoms with Crippen molar-refractivity contribution in [2.45, 2.75) is 10.6 Å². The molecule has 0 heterocycles. The lowest BCUT2D eigenvalue weighted by Crippen LogP contribution is -2.02. The zero-order chi connectivity index (χ0) is 14.7. The summed E-state index contributed by atoms with van der Waals surface area (Å²) in [5.74, 6) is -0.0812. The summed E-state index contributed by atoms with van der Waals surface area (Å²) in [4.78, 5) is 0.459. The summed E-state index contributed by atoms with van der Waals surface area (Å²) < 4.78 is 31.2. The molecule has 2 rings (SSSR count). The van der Waals surface area contributed by atoms with Gasteiger partial charge < -0.3 is 10.5 Å². The molecular weight excluding hydrogens is 301 g/mol. The molecular formula is C14H13ClFNO2S. The highest BCUT2D eigenvalue weighted by Crippen LogP contribution is 2.28. The van der Waals surface area contributed by atoms with Crippen molar-refractivity contribution in [2.75, 3.05) is 12.8 Å².